The van der Waals surface area contributed by atoms with E-state index in [1.54, 1.807) is 6.33 Å². The van der Waals surface area contributed by atoms with Gasteiger partial charge in [0.1, 0.15) is 6.33 Å². The number of nitrogens with one attached hydrogen (secondary N) is 1. The minimum Gasteiger partial charge on any atom is -0.308 e. The Kier molecular flexibility index (Phi) is 4.68. The summed E-state index contributed by atoms with van der Waals surface area (Å²) >= 11 is 0. The van der Waals surface area contributed by atoms with Gasteiger partial charge in [-0.3, -0.25) is 0 Å². The van der Waals surface area contributed by atoms with Crippen molar-refractivity contribution in [2.75, 3.05) is 0 Å². The number of benzene rings is 1. The van der Waals surface area contributed by atoms with Gasteiger partial charge in [-0.25, -0.2) is 9.67 Å². The SMILES string of the molecule is CCc1ccc(Cn2cnc(CNC(C)C)n2)cc1. The lowest BCUT2D eigenvalue weighted by Gasteiger charge is -2.04. The molecule has 2 aromatic rings. The molecular weight excluding hydrogens is 236 g/mol. The van der Waals surface area contributed by atoms with Crippen molar-refractivity contribution in [2.24, 2.45) is 0 Å². The lowest BCUT2D eigenvalue weighted by Crippen LogP contribution is -2.22. The first-order valence-corrected chi connectivity index (χ1v) is 6.87. The summed E-state index contributed by atoms with van der Waals surface area (Å²) in [7, 11) is 0. The predicted molar refractivity (Wildman–Crippen MR) is 76.9 cm³/mol. The van der Waals surface area contributed by atoms with Crippen LogP contribution in [0.5, 0.6) is 0 Å². The highest BCUT2D eigenvalue weighted by molar-refractivity contribution is 5.22. The third-order valence-corrected chi connectivity index (χ3v) is 3.03. The third-order valence-electron chi connectivity index (χ3n) is 3.03. The van der Waals surface area contributed by atoms with Crippen molar-refractivity contribution in [1.82, 2.24) is 20.1 Å². The lowest BCUT2D eigenvalue weighted by atomic mass is 10.1. The number of rotatable bonds is 6. The largest absolute Gasteiger partial charge is 0.308 e. The van der Waals surface area contributed by atoms with Crippen LogP contribution in [0.2, 0.25) is 0 Å². The lowest BCUT2D eigenvalue weighted by molar-refractivity contribution is 0.565. The van der Waals surface area contributed by atoms with E-state index in [1.165, 1.54) is 11.1 Å². The molecule has 102 valence electrons. The Labute approximate surface area is 114 Å². The maximum Gasteiger partial charge on any atom is 0.164 e. The Bertz CT molecular complexity index is 499. The van der Waals surface area contributed by atoms with E-state index in [-0.39, 0.29) is 0 Å². The van der Waals surface area contributed by atoms with Crippen LogP contribution in [0.1, 0.15) is 37.7 Å². The second-order valence-electron chi connectivity index (χ2n) is 5.06. The van der Waals surface area contributed by atoms with E-state index >= 15 is 0 Å². The smallest absolute Gasteiger partial charge is 0.164 e. The van der Waals surface area contributed by atoms with Gasteiger partial charge >= 0.3 is 0 Å². The highest BCUT2D eigenvalue weighted by Crippen LogP contribution is 2.06. The first-order chi connectivity index (χ1) is 9.17. The summed E-state index contributed by atoms with van der Waals surface area (Å²) in [6.07, 6.45) is 2.87. The maximum atomic E-state index is 4.46. The van der Waals surface area contributed by atoms with Crippen LogP contribution in [-0.4, -0.2) is 20.8 Å². The van der Waals surface area contributed by atoms with Crippen LogP contribution in [-0.2, 0) is 19.5 Å². The van der Waals surface area contributed by atoms with Crippen LogP contribution in [0.3, 0.4) is 0 Å². The van der Waals surface area contributed by atoms with Crippen LogP contribution in [0.25, 0.3) is 0 Å². The van der Waals surface area contributed by atoms with Crippen LogP contribution in [0.4, 0.5) is 0 Å². The van der Waals surface area contributed by atoms with Crippen LogP contribution in [0, 0.1) is 0 Å². The standard InChI is InChI=1S/C15H22N4/c1-4-13-5-7-14(8-6-13)10-19-11-17-15(18-19)9-16-12(2)3/h5-8,11-12,16H,4,9-10H2,1-3H3. The fourth-order valence-electron chi connectivity index (χ4n) is 1.85. The number of aromatic nitrogens is 3. The van der Waals surface area contributed by atoms with Gasteiger partial charge in [0.05, 0.1) is 13.1 Å². The average Bonchev–Trinajstić information content (AvgIpc) is 2.85. The van der Waals surface area contributed by atoms with Gasteiger partial charge in [-0.1, -0.05) is 45.0 Å². The number of aryl methyl sites for hydroxylation is 1. The average molecular weight is 258 g/mol. The summed E-state index contributed by atoms with van der Waals surface area (Å²) < 4.78 is 1.89. The quantitative estimate of drug-likeness (QED) is 0.865. The van der Waals surface area contributed by atoms with Crippen molar-refractivity contribution < 1.29 is 0 Å². The summed E-state index contributed by atoms with van der Waals surface area (Å²) in [5.41, 5.74) is 2.62. The molecule has 0 bridgehead atoms. The zero-order valence-electron chi connectivity index (χ0n) is 11.9. The van der Waals surface area contributed by atoms with Gasteiger partial charge in [-0.2, -0.15) is 5.10 Å². The molecule has 0 radical (unpaired) electrons. The first-order valence-electron chi connectivity index (χ1n) is 6.87. The fourth-order valence-corrected chi connectivity index (χ4v) is 1.85. The normalized spacial score (nSPS) is 11.2. The molecule has 1 N–H and O–H groups in total. The number of hydrogen-bond acceptors (Lipinski definition) is 3. The minimum absolute atomic E-state index is 0.452. The summed E-state index contributed by atoms with van der Waals surface area (Å²) in [6.45, 7) is 7.90. The van der Waals surface area contributed by atoms with Crippen LogP contribution >= 0.6 is 0 Å². The molecule has 0 saturated heterocycles. The van der Waals surface area contributed by atoms with Crippen molar-refractivity contribution in [3.63, 3.8) is 0 Å². The van der Waals surface area contributed by atoms with Crippen molar-refractivity contribution in [3.8, 4) is 0 Å². The fraction of sp³-hybridized carbons (Fsp3) is 0.467. The van der Waals surface area contributed by atoms with E-state index in [0.717, 1.165) is 25.3 Å². The summed E-state index contributed by atoms with van der Waals surface area (Å²) in [5, 5.41) is 7.78. The minimum atomic E-state index is 0.452. The summed E-state index contributed by atoms with van der Waals surface area (Å²) in [4.78, 5) is 4.31. The molecule has 0 unspecified atom stereocenters. The van der Waals surface area contributed by atoms with E-state index in [4.69, 9.17) is 0 Å². The maximum absolute atomic E-state index is 4.46. The zero-order chi connectivity index (χ0) is 13.7. The number of hydrogen-bond donors (Lipinski definition) is 1. The predicted octanol–water partition coefficient (Wildman–Crippen LogP) is 2.39. The molecule has 0 atom stereocenters. The monoisotopic (exact) mass is 258 g/mol. The molecule has 4 nitrogen and oxygen atoms in total. The van der Waals surface area contributed by atoms with E-state index in [2.05, 4.69) is 60.4 Å². The zero-order valence-corrected chi connectivity index (χ0v) is 11.9. The number of nitrogens with zero attached hydrogens (tertiary/aromatic N) is 3. The first kappa shape index (κ1) is 13.7. The van der Waals surface area contributed by atoms with Crippen LogP contribution < -0.4 is 5.32 Å². The molecule has 0 saturated carbocycles. The van der Waals surface area contributed by atoms with Crippen molar-refractivity contribution in [2.45, 2.75) is 46.3 Å². The van der Waals surface area contributed by atoms with Crippen molar-refractivity contribution in [1.29, 1.82) is 0 Å². The second kappa shape index (κ2) is 6.48. The topological polar surface area (TPSA) is 42.7 Å². The van der Waals surface area contributed by atoms with E-state index < -0.39 is 0 Å². The van der Waals surface area contributed by atoms with E-state index in [1.807, 2.05) is 4.68 Å². The summed E-state index contributed by atoms with van der Waals surface area (Å²) in [6, 6.07) is 9.12. The van der Waals surface area contributed by atoms with Crippen molar-refractivity contribution in [3.05, 3.63) is 47.5 Å². The molecule has 0 amide bonds. The van der Waals surface area contributed by atoms with Gasteiger partial charge in [0, 0.05) is 6.04 Å². The van der Waals surface area contributed by atoms with Gasteiger partial charge in [0.2, 0.25) is 0 Å². The Morgan fingerprint density at radius 1 is 1.16 bits per heavy atom. The highest BCUT2D eigenvalue weighted by Gasteiger charge is 2.02. The van der Waals surface area contributed by atoms with Gasteiger partial charge < -0.3 is 5.32 Å². The van der Waals surface area contributed by atoms with E-state index in [9.17, 15) is 0 Å². The Morgan fingerprint density at radius 2 is 1.84 bits per heavy atom. The van der Waals surface area contributed by atoms with E-state index in [0.29, 0.717) is 6.04 Å². The third kappa shape index (κ3) is 4.17. The Morgan fingerprint density at radius 3 is 2.47 bits per heavy atom. The molecule has 1 aromatic carbocycles. The Balaban J connectivity index is 1.95. The Hall–Kier alpha value is -1.68. The molecule has 0 fully saturated rings. The van der Waals surface area contributed by atoms with Crippen molar-refractivity contribution >= 4 is 0 Å². The molecular formula is C15H22N4. The highest BCUT2D eigenvalue weighted by atomic mass is 15.3. The molecule has 2 rings (SSSR count). The molecule has 0 aliphatic heterocycles. The molecule has 4 heteroatoms. The van der Waals surface area contributed by atoms with Gasteiger partial charge in [0.15, 0.2) is 5.82 Å². The van der Waals surface area contributed by atoms with Gasteiger partial charge in [0.25, 0.3) is 0 Å². The molecule has 0 spiro atoms. The van der Waals surface area contributed by atoms with Gasteiger partial charge in [-0.05, 0) is 17.5 Å². The van der Waals surface area contributed by atoms with Crippen LogP contribution in [0.15, 0.2) is 30.6 Å². The second-order valence-corrected chi connectivity index (χ2v) is 5.06. The molecule has 1 aromatic heterocycles. The van der Waals surface area contributed by atoms with Gasteiger partial charge in [-0.15, -0.1) is 0 Å². The summed E-state index contributed by atoms with van der Waals surface area (Å²) in [5.74, 6) is 0.846. The molecule has 1 heterocycles. The molecule has 19 heavy (non-hydrogen) atoms. The molecule has 0 aliphatic rings. The molecule has 0 aliphatic carbocycles.